The number of hydrogen-bond donors (Lipinski definition) is 1. The lowest BCUT2D eigenvalue weighted by Gasteiger charge is -2.26. The van der Waals surface area contributed by atoms with Gasteiger partial charge in [0.2, 0.25) is 5.88 Å². The molecule has 1 aliphatic rings. The third kappa shape index (κ3) is 3.66. The van der Waals surface area contributed by atoms with Gasteiger partial charge in [-0.15, -0.1) is 10.2 Å². The molecule has 33 heavy (non-hydrogen) atoms. The summed E-state index contributed by atoms with van der Waals surface area (Å²) in [5, 5.41) is 12.3. The molecule has 172 valence electrons. The Bertz CT molecular complexity index is 1310. The Morgan fingerprint density at radius 2 is 2.09 bits per heavy atom. The van der Waals surface area contributed by atoms with Crippen LogP contribution in [0.2, 0.25) is 0 Å². The van der Waals surface area contributed by atoms with E-state index in [1.54, 1.807) is 6.20 Å². The van der Waals surface area contributed by atoms with Gasteiger partial charge in [-0.05, 0) is 19.4 Å². The van der Waals surface area contributed by atoms with Crippen LogP contribution in [0.15, 0.2) is 18.6 Å². The van der Waals surface area contributed by atoms with E-state index in [0.29, 0.717) is 40.8 Å². The molecule has 1 atom stereocenters. The van der Waals surface area contributed by atoms with E-state index in [1.807, 2.05) is 11.5 Å². The highest BCUT2D eigenvalue weighted by atomic mass is 19.1. The summed E-state index contributed by atoms with van der Waals surface area (Å²) in [6.45, 7) is 7.61. The molecule has 1 aliphatic heterocycles. The molecule has 0 saturated carbocycles. The molecule has 0 bridgehead atoms. The van der Waals surface area contributed by atoms with Gasteiger partial charge in [-0.2, -0.15) is 0 Å². The first-order chi connectivity index (χ1) is 16.0. The van der Waals surface area contributed by atoms with Crippen LogP contribution < -0.4 is 10.1 Å². The van der Waals surface area contributed by atoms with Gasteiger partial charge in [0.1, 0.15) is 23.8 Å². The number of hydrogen-bond acceptors (Lipinski definition) is 8. The van der Waals surface area contributed by atoms with Crippen LogP contribution >= 0.6 is 0 Å². The zero-order chi connectivity index (χ0) is 23.1. The topological polar surface area (TPSA) is 108 Å². The summed E-state index contributed by atoms with van der Waals surface area (Å²) in [6.07, 6.45) is 4.84. The lowest BCUT2D eigenvalue weighted by atomic mass is 10.1. The van der Waals surface area contributed by atoms with E-state index in [1.165, 1.54) is 19.5 Å². The number of aryl methyl sites for hydroxylation is 2. The van der Waals surface area contributed by atoms with Crippen molar-refractivity contribution < 1.29 is 9.13 Å². The van der Waals surface area contributed by atoms with Gasteiger partial charge in [0.15, 0.2) is 22.8 Å². The maximum atomic E-state index is 14.3. The molecule has 0 aromatic carbocycles. The largest absolute Gasteiger partial charge is 0.479 e. The minimum absolute atomic E-state index is 0.0496. The first-order valence-electron chi connectivity index (χ1n) is 11.1. The zero-order valence-corrected chi connectivity index (χ0v) is 19.1. The lowest BCUT2D eigenvalue weighted by Crippen LogP contribution is -2.32. The van der Waals surface area contributed by atoms with Crippen molar-refractivity contribution in [3.05, 3.63) is 36.1 Å². The predicted octanol–water partition coefficient (Wildman–Crippen LogP) is 3.20. The molecule has 1 unspecified atom stereocenters. The maximum Gasteiger partial charge on any atom is 0.250 e. The Hall–Kier alpha value is -3.63. The number of nitrogens with zero attached hydrogens (tertiary/aromatic N) is 8. The zero-order valence-electron chi connectivity index (χ0n) is 19.1. The number of pyridine rings is 1. The average molecular weight is 452 g/mol. The van der Waals surface area contributed by atoms with E-state index in [4.69, 9.17) is 9.72 Å². The summed E-state index contributed by atoms with van der Waals surface area (Å²) in [5.74, 6) is 2.97. The molecule has 1 N–H and O–H groups in total. The van der Waals surface area contributed by atoms with Gasteiger partial charge in [-0.1, -0.05) is 13.8 Å². The Morgan fingerprint density at radius 3 is 2.82 bits per heavy atom. The van der Waals surface area contributed by atoms with Crippen molar-refractivity contribution in [2.45, 2.75) is 58.7 Å². The summed E-state index contributed by atoms with van der Waals surface area (Å²) in [5.41, 5.74) is 1.88. The first kappa shape index (κ1) is 21.2. The molecular weight excluding hydrogens is 425 g/mol. The molecule has 10 nitrogen and oxygen atoms in total. The van der Waals surface area contributed by atoms with Crippen LogP contribution in [0.1, 0.15) is 44.8 Å². The van der Waals surface area contributed by atoms with Gasteiger partial charge in [-0.25, -0.2) is 24.3 Å². The maximum absolute atomic E-state index is 14.3. The minimum Gasteiger partial charge on any atom is -0.479 e. The number of fused-ring (bicyclic) bond motifs is 2. The summed E-state index contributed by atoms with van der Waals surface area (Å²) in [7, 11) is 1.39. The highest BCUT2D eigenvalue weighted by Gasteiger charge is 2.26. The van der Waals surface area contributed by atoms with E-state index < -0.39 is 5.82 Å². The third-order valence-corrected chi connectivity index (χ3v) is 5.94. The second-order valence-corrected chi connectivity index (χ2v) is 8.41. The van der Waals surface area contributed by atoms with Crippen LogP contribution in [0.25, 0.3) is 22.6 Å². The Labute approximate surface area is 190 Å². The molecule has 5 rings (SSSR count). The Balaban J connectivity index is 1.50. The van der Waals surface area contributed by atoms with Gasteiger partial charge in [0, 0.05) is 43.2 Å². The van der Waals surface area contributed by atoms with Gasteiger partial charge < -0.3 is 19.2 Å². The molecule has 0 amide bonds. The van der Waals surface area contributed by atoms with Crippen LogP contribution in [-0.4, -0.2) is 52.4 Å². The Kier molecular flexibility index (Phi) is 5.39. The van der Waals surface area contributed by atoms with Crippen molar-refractivity contribution in [2.75, 3.05) is 12.4 Å². The quantitative estimate of drug-likeness (QED) is 0.476. The van der Waals surface area contributed by atoms with Crippen molar-refractivity contribution in [2.24, 2.45) is 0 Å². The standard InChI is InChI=1S/C22H26FN9O/c1-5-31-20(13-8-15(23)22(33-4)24-9-13)28-17-18(25-11-26-21(17)31)27-14-6-7-16-29-30-19(12(2)3)32(16)10-14/h8-9,11-12,14H,5-7,10H2,1-4H3,(H,25,26,27). The minimum atomic E-state index is -0.540. The smallest absolute Gasteiger partial charge is 0.250 e. The van der Waals surface area contributed by atoms with Crippen LogP contribution in [-0.2, 0) is 19.5 Å². The van der Waals surface area contributed by atoms with E-state index >= 15 is 0 Å². The number of ether oxygens (including phenoxy) is 1. The molecule has 0 spiro atoms. The molecule has 0 saturated heterocycles. The molecule has 11 heteroatoms. The first-order valence-corrected chi connectivity index (χ1v) is 11.1. The van der Waals surface area contributed by atoms with E-state index in [9.17, 15) is 4.39 Å². The fraction of sp³-hybridized carbons (Fsp3) is 0.455. The van der Waals surface area contributed by atoms with Crippen LogP contribution in [0.5, 0.6) is 5.88 Å². The van der Waals surface area contributed by atoms with Gasteiger partial charge >= 0.3 is 0 Å². The molecule has 5 heterocycles. The molecule has 4 aromatic heterocycles. The monoisotopic (exact) mass is 451 g/mol. The van der Waals surface area contributed by atoms with Crippen molar-refractivity contribution in [3.63, 3.8) is 0 Å². The van der Waals surface area contributed by atoms with Crippen molar-refractivity contribution >= 4 is 17.0 Å². The summed E-state index contributed by atoms with van der Waals surface area (Å²) < 4.78 is 23.4. The summed E-state index contributed by atoms with van der Waals surface area (Å²) in [4.78, 5) is 17.8. The summed E-state index contributed by atoms with van der Waals surface area (Å²) in [6, 6.07) is 1.53. The lowest BCUT2D eigenvalue weighted by molar-refractivity contribution is 0.369. The van der Waals surface area contributed by atoms with E-state index in [-0.39, 0.29) is 11.9 Å². The number of aromatic nitrogens is 8. The highest BCUT2D eigenvalue weighted by Crippen LogP contribution is 2.29. The van der Waals surface area contributed by atoms with Crippen LogP contribution in [0.3, 0.4) is 0 Å². The molecule has 4 aromatic rings. The van der Waals surface area contributed by atoms with Crippen molar-refractivity contribution in [1.29, 1.82) is 0 Å². The summed E-state index contributed by atoms with van der Waals surface area (Å²) >= 11 is 0. The second-order valence-electron chi connectivity index (χ2n) is 8.41. The van der Waals surface area contributed by atoms with Crippen molar-refractivity contribution in [1.82, 2.24) is 39.3 Å². The molecular formula is C22H26FN9O. The van der Waals surface area contributed by atoms with Crippen LogP contribution in [0, 0.1) is 5.82 Å². The van der Waals surface area contributed by atoms with Gasteiger partial charge in [-0.3, -0.25) is 0 Å². The van der Waals surface area contributed by atoms with Crippen molar-refractivity contribution in [3.8, 4) is 17.3 Å². The van der Waals surface area contributed by atoms with Crippen LogP contribution in [0.4, 0.5) is 10.2 Å². The number of rotatable bonds is 6. The molecule has 0 radical (unpaired) electrons. The molecule has 0 fully saturated rings. The number of anilines is 1. The molecule has 0 aliphatic carbocycles. The number of nitrogens with one attached hydrogen (secondary N) is 1. The van der Waals surface area contributed by atoms with E-state index in [0.717, 1.165) is 31.0 Å². The second kappa shape index (κ2) is 8.38. The fourth-order valence-electron chi connectivity index (χ4n) is 4.35. The highest BCUT2D eigenvalue weighted by molar-refractivity contribution is 5.86. The Morgan fingerprint density at radius 1 is 1.24 bits per heavy atom. The van der Waals surface area contributed by atoms with Gasteiger partial charge in [0.05, 0.1) is 7.11 Å². The number of halogens is 1. The third-order valence-electron chi connectivity index (χ3n) is 5.94. The SMILES string of the molecule is CCn1c(-c2cnc(OC)c(F)c2)nc2c(NC3CCc4nnc(C(C)C)n4C3)ncnc21. The predicted molar refractivity (Wildman–Crippen MR) is 121 cm³/mol. The normalized spacial score (nSPS) is 15.8. The number of imidazole rings is 1. The van der Waals surface area contributed by atoms with E-state index in [2.05, 4.69) is 48.9 Å². The number of methoxy groups -OCH3 is 1. The average Bonchev–Trinajstić information content (AvgIpc) is 3.40. The fourth-order valence-corrected chi connectivity index (χ4v) is 4.35. The van der Waals surface area contributed by atoms with Gasteiger partial charge in [0.25, 0.3) is 0 Å².